The fraction of sp³-hybridized carbons (Fsp3) is 0.192. The highest BCUT2D eigenvalue weighted by atomic mass is 32.2. The molecule has 0 saturated carbocycles. The molecule has 4 rings (SSSR count). The lowest BCUT2D eigenvalue weighted by Crippen LogP contribution is -2.23. The third kappa shape index (κ3) is 5.58. The summed E-state index contributed by atoms with van der Waals surface area (Å²) in [4.78, 5) is 12.8. The van der Waals surface area contributed by atoms with Crippen LogP contribution in [0.5, 0.6) is 11.5 Å². The summed E-state index contributed by atoms with van der Waals surface area (Å²) in [5.41, 5.74) is 2.79. The molecule has 1 amide bonds. The van der Waals surface area contributed by atoms with Crippen molar-refractivity contribution in [2.24, 2.45) is 0 Å². The number of amides is 1. The zero-order valence-electron chi connectivity index (χ0n) is 19.3. The largest absolute Gasteiger partial charge is 0.493 e. The van der Waals surface area contributed by atoms with Gasteiger partial charge in [0, 0.05) is 11.4 Å². The van der Waals surface area contributed by atoms with Gasteiger partial charge in [0.1, 0.15) is 6.61 Å². The highest BCUT2D eigenvalue weighted by Gasteiger charge is 2.22. The first-order valence-electron chi connectivity index (χ1n) is 10.8. The van der Waals surface area contributed by atoms with Crippen molar-refractivity contribution in [1.82, 2.24) is 14.8 Å². The lowest BCUT2D eigenvalue weighted by Gasteiger charge is -2.15. The average molecular weight is 475 g/mol. The van der Waals surface area contributed by atoms with Gasteiger partial charge in [-0.15, -0.1) is 10.2 Å². The zero-order chi connectivity index (χ0) is 23.9. The number of thioether (sulfide) groups is 1. The van der Waals surface area contributed by atoms with Crippen LogP contribution >= 0.6 is 11.8 Å². The van der Waals surface area contributed by atoms with Gasteiger partial charge in [0.2, 0.25) is 5.91 Å². The average Bonchev–Trinajstić information content (AvgIpc) is 3.27. The van der Waals surface area contributed by atoms with Gasteiger partial charge < -0.3 is 14.8 Å². The Morgan fingerprint density at radius 3 is 2.35 bits per heavy atom. The maximum atomic E-state index is 12.8. The lowest BCUT2D eigenvalue weighted by molar-refractivity contribution is -0.115. The van der Waals surface area contributed by atoms with Gasteiger partial charge in [0.25, 0.3) is 0 Å². The number of carbonyl (C=O) groups excluding carboxylic acids is 1. The summed E-state index contributed by atoms with van der Waals surface area (Å²) >= 11 is 1.34. The second-order valence-electron chi connectivity index (χ2n) is 7.62. The Bertz CT molecular complexity index is 1240. The summed E-state index contributed by atoms with van der Waals surface area (Å²) < 4.78 is 13.3. The van der Waals surface area contributed by atoms with E-state index in [9.17, 15) is 4.79 Å². The number of nitrogens with one attached hydrogen (secondary N) is 1. The molecule has 0 aliphatic rings. The molecule has 0 aliphatic heterocycles. The summed E-state index contributed by atoms with van der Waals surface area (Å²) in [6.07, 6.45) is 0. The number of nitrogens with zero attached hydrogens (tertiary/aromatic N) is 3. The number of methoxy groups -OCH3 is 1. The Hall–Kier alpha value is -3.78. The van der Waals surface area contributed by atoms with Gasteiger partial charge in [0.05, 0.1) is 12.4 Å². The quantitative estimate of drug-likeness (QED) is 0.333. The molecule has 1 atom stereocenters. The molecule has 0 aliphatic carbocycles. The standard InChI is InChI=1S/C26H26N4O3S/c1-18-13-15-20(16-14-18)27-25(31)19(2)34-26-29-28-24(30(26)21-9-5-4-6-10-21)17-33-23-12-8-7-11-22(23)32-3/h4-16,19H,17H2,1-3H3,(H,27,31)/t19-/m0/s1. The summed E-state index contributed by atoms with van der Waals surface area (Å²) in [6.45, 7) is 4.05. The fourth-order valence-electron chi connectivity index (χ4n) is 3.28. The summed E-state index contributed by atoms with van der Waals surface area (Å²) in [5.74, 6) is 1.77. The van der Waals surface area contributed by atoms with Crippen molar-refractivity contribution in [3.63, 3.8) is 0 Å². The first-order valence-corrected chi connectivity index (χ1v) is 11.7. The minimum Gasteiger partial charge on any atom is -0.493 e. The van der Waals surface area contributed by atoms with E-state index < -0.39 is 5.25 Å². The van der Waals surface area contributed by atoms with Crippen molar-refractivity contribution < 1.29 is 14.3 Å². The second kappa shape index (κ2) is 10.9. The summed E-state index contributed by atoms with van der Waals surface area (Å²) in [6, 6.07) is 24.9. The molecular weight excluding hydrogens is 448 g/mol. The molecule has 174 valence electrons. The molecule has 7 nitrogen and oxygen atoms in total. The van der Waals surface area contributed by atoms with Crippen molar-refractivity contribution in [1.29, 1.82) is 0 Å². The Morgan fingerprint density at radius 1 is 0.971 bits per heavy atom. The van der Waals surface area contributed by atoms with Gasteiger partial charge in [-0.2, -0.15) is 0 Å². The van der Waals surface area contributed by atoms with Crippen LogP contribution in [0.3, 0.4) is 0 Å². The highest BCUT2D eigenvalue weighted by Crippen LogP contribution is 2.29. The van der Waals surface area contributed by atoms with Crippen LogP contribution in [0.4, 0.5) is 5.69 Å². The van der Waals surface area contributed by atoms with E-state index in [4.69, 9.17) is 9.47 Å². The maximum Gasteiger partial charge on any atom is 0.237 e. The predicted octanol–water partition coefficient (Wildman–Crippen LogP) is 5.28. The minimum absolute atomic E-state index is 0.108. The van der Waals surface area contributed by atoms with Crippen molar-refractivity contribution in [2.75, 3.05) is 12.4 Å². The van der Waals surface area contributed by atoms with E-state index >= 15 is 0 Å². The SMILES string of the molecule is COc1ccccc1OCc1nnc(S[C@@H](C)C(=O)Nc2ccc(C)cc2)n1-c1ccccc1. The van der Waals surface area contributed by atoms with Crippen LogP contribution in [0.15, 0.2) is 84.0 Å². The van der Waals surface area contributed by atoms with Crippen LogP contribution in [0, 0.1) is 6.92 Å². The number of anilines is 1. The molecule has 34 heavy (non-hydrogen) atoms. The van der Waals surface area contributed by atoms with Crippen molar-refractivity contribution in [2.45, 2.75) is 30.9 Å². The number of hydrogen-bond donors (Lipinski definition) is 1. The Morgan fingerprint density at radius 2 is 1.65 bits per heavy atom. The fourth-order valence-corrected chi connectivity index (χ4v) is 4.17. The topological polar surface area (TPSA) is 78.3 Å². The number of carbonyl (C=O) groups is 1. The summed E-state index contributed by atoms with van der Waals surface area (Å²) in [5, 5.41) is 11.9. The molecule has 0 radical (unpaired) electrons. The monoisotopic (exact) mass is 474 g/mol. The van der Waals surface area contributed by atoms with Crippen LogP contribution < -0.4 is 14.8 Å². The molecule has 8 heteroatoms. The molecule has 0 unspecified atom stereocenters. The van der Waals surface area contributed by atoms with Crippen molar-refractivity contribution in [3.8, 4) is 17.2 Å². The van der Waals surface area contributed by atoms with Gasteiger partial charge in [-0.05, 0) is 50.2 Å². The van der Waals surface area contributed by atoms with E-state index in [1.165, 1.54) is 11.8 Å². The molecule has 3 aromatic carbocycles. The van der Waals surface area contributed by atoms with Crippen LogP contribution in [-0.4, -0.2) is 33.0 Å². The molecule has 0 saturated heterocycles. The molecule has 1 aromatic heterocycles. The molecule has 0 fully saturated rings. The molecular formula is C26H26N4O3S. The highest BCUT2D eigenvalue weighted by molar-refractivity contribution is 8.00. The van der Waals surface area contributed by atoms with E-state index in [0.717, 1.165) is 16.9 Å². The number of aryl methyl sites for hydroxylation is 1. The summed E-state index contributed by atoms with van der Waals surface area (Å²) in [7, 11) is 1.60. The Labute approximate surface area is 203 Å². The molecule has 4 aromatic rings. The number of benzene rings is 3. The first-order chi connectivity index (χ1) is 16.5. The second-order valence-corrected chi connectivity index (χ2v) is 8.93. The first kappa shape index (κ1) is 23.4. The zero-order valence-corrected chi connectivity index (χ0v) is 20.1. The number of rotatable bonds is 9. The predicted molar refractivity (Wildman–Crippen MR) is 134 cm³/mol. The molecule has 1 heterocycles. The Kier molecular flexibility index (Phi) is 7.49. The maximum absolute atomic E-state index is 12.8. The third-order valence-electron chi connectivity index (χ3n) is 5.11. The van der Waals surface area contributed by atoms with E-state index in [1.54, 1.807) is 7.11 Å². The number of aromatic nitrogens is 3. The van der Waals surface area contributed by atoms with E-state index in [1.807, 2.05) is 97.3 Å². The van der Waals surface area contributed by atoms with Crippen LogP contribution in [0.1, 0.15) is 18.3 Å². The molecule has 0 bridgehead atoms. The van der Waals surface area contributed by atoms with E-state index in [2.05, 4.69) is 15.5 Å². The van der Waals surface area contributed by atoms with Gasteiger partial charge in [0.15, 0.2) is 22.5 Å². The van der Waals surface area contributed by atoms with E-state index in [-0.39, 0.29) is 12.5 Å². The van der Waals surface area contributed by atoms with Gasteiger partial charge in [-0.3, -0.25) is 9.36 Å². The normalized spacial score (nSPS) is 11.6. The Balaban J connectivity index is 1.54. The van der Waals surface area contributed by atoms with Crippen molar-refractivity contribution in [3.05, 3.63) is 90.3 Å². The number of para-hydroxylation sites is 3. The lowest BCUT2D eigenvalue weighted by atomic mass is 10.2. The van der Waals surface area contributed by atoms with Crippen molar-refractivity contribution >= 4 is 23.4 Å². The smallest absolute Gasteiger partial charge is 0.237 e. The minimum atomic E-state index is -0.393. The molecule has 1 N–H and O–H groups in total. The van der Waals surface area contributed by atoms with Crippen LogP contribution in [0.25, 0.3) is 5.69 Å². The number of ether oxygens (including phenoxy) is 2. The van der Waals surface area contributed by atoms with Gasteiger partial charge in [-0.1, -0.05) is 59.8 Å². The van der Waals surface area contributed by atoms with Gasteiger partial charge >= 0.3 is 0 Å². The van der Waals surface area contributed by atoms with Crippen LogP contribution in [0.2, 0.25) is 0 Å². The molecule has 0 spiro atoms. The van der Waals surface area contributed by atoms with Gasteiger partial charge in [-0.25, -0.2) is 0 Å². The third-order valence-corrected chi connectivity index (χ3v) is 6.15. The number of hydrogen-bond acceptors (Lipinski definition) is 6. The van der Waals surface area contributed by atoms with E-state index in [0.29, 0.717) is 22.5 Å². The van der Waals surface area contributed by atoms with Crippen LogP contribution in [-0.2, 0) is 11.4 Å².